The number of hydrogen-bond donors (Lipinski definition) is 1. The Labute approximate surface area is 115 Å². The van der Waals surface area contributed by atoms with Crippen molar-refractivity contribution >= 4 is 17.7 Å². The predicted octanol–water partition coefficient (Wildman–Crippen LogP) is 2.12. The van der Waals surface area contributed by atoms with Crippen LogP contribution in [0.3, 0.4) is 0 Å². The van der Waals surface area contributed by atoms with E-state index in [0.717, 1.165) is 45.3 Å². The molecule has 1 heterocycles. The largest absolute Gasteiger partial charge is 0.342 e. The highest BCUT2D eigenvalue weighted by atomic mass is 32.2. The molecule has 2 fully saturated rings. The lowest BCUT2D eigenvalue weighted by molar-refractivity contribution is -0.133. The number of carbonyl (C=O) groups excluding carboxylic acids is 1. The summed E-state index contributed by atoms with van der Waals surface area (Å²) in [5.41, 5.74) is 0. The quantitative estimate of drug-likeness (QED) is 0.719. The summed E-state index contributed by atoms with van der Waals surface area (Å²) < 4.78 is 0. The molecule has 4 heteroatoms. The topological polar surface area (TPSA) is 32.3 Å². The first-order valence-electron chi connectivity index (χ1n) is 7.41. The van der Waals surface area contributed by atoms with Crippen LogP contribution in [-0.4, -0.2) is 48.0 Å². The van der Waals surface area contributed by atoms with Crippen LogP contribution in [0.4, 0.5) is 0 Å². The zero-order valence-electron chi connectivity index (χ0n) is 11.5. The van der Waals surface area contributed by atoms with Crippen molar-refractivity contribution in [2.45, 2.75) is 45.1 Å². The minimum Gasteiger partial charge on any atom is -0.342 e. The Morgan fingerprint density at radius 1 is 1.28 bits per heavy atom. The summed E-state index contributed by atoms with van der Waals surface area (Å²) in [5.74, 6) is 3.30. The van der Waals surface area contributed by atoms with Gasteiger partial charge in [-0.15, -0.1) is 0 Å². The molecule has 1 aliphatic heterocycles. The van der Waals surface area contributed by atoms with E-state index in [-0.39, 0.29) is 0 Å². The number of likely N-dealkylation sites (tertiary alicyclic amines) is 1. The maximum atomic E-state index is 11.9. The summed E-state index contributed by atoms with van der Waals surface area (Å²) in [5, 5.41) is 3.63. The molecule has 0 aromatic carbocycles. The molecular weight excluding hydrogens is 244 g/mol. The molecule has 1 amide bonds. The fraction of sp³-hybridized carbons (Fsp3) is 0.929. The van der Waals surface area contributed by atoms with Crippen molar-refractivity contribution in [3.8, 4) is 0 Å². The van der Waals surface area contributed by atoms with E-state index in [2.05, 4.69) is 17.1 Å². The van der Waals surface area contributed by atoms with Gasteiger partial charge in [-0.3, -0.25) is 4.79 Å². The molecule has 0 unspecified atom stereocenters. The second kappa shape index (κ2) is 7.39. The van der Waals surface area contributed by atoms with Crippen LogP contribution in [0.15, 0.2) is 0 Å². The first kappa shape index (κ1) is 14.2. The van der Waals surface area contributed by atoms with Gasteiger partial charge in [-0.05, 0) is 50.2 Å². The summed E-state index contributed by atoms with van der Waals surface area (Å²) in [6.07, 6.45) is 5.80. The highest BCUT2D eigenvalue weighted by Crippen LogP contribution is 2.31. The van der Waals surface area contributed by atoms with E-state index in [4.69, 9.17) is 0 Å². The Kier molecular flexibility index (Phi) is 5.83. The van der Waals surface area contributed by atoms with Gasteiger partial charge >= 0.3 is 0 Å². The second-order valence-electron chi connectivity index (χ2n) is 5.38. The number of hydrogen-bond acceptors (Lipinski definition) is 3. The molecule has 0 spiro atoms. The van der Waals surface area contributed by atoms with E-state index in [1.54, 1.807) is 0 Å². The number of thioether (sulfide) groups is 1. The summed E-state index contributed by atoms with van der Waals surface area (Å²) in [6, 6.07) is 0.639. The zero-order valence-corrected chi connectivity index (χ0v) is 12.3. The van der Waals surface area contributed by atoms with Gasteiger partial charge in [-0.1, -0.05) is 6.92 Å². The van der Waals surface area contributed by atoms with Crippen molar-refractivity contribution < 1.29 is 4.79 Å². The summed E-state index contributed by atoms with van der Waals surface area (Å²) in [7, 11) is 0. The molecule has 0 atom stereocenters. The summed E-state index contributed by atoms with van der Waals surface area (Å²) in [4.78, 5) is 14.0. The fourth-order valence-electron chi connectivity index (χ4n) is 2.52. The van der Waals surface area contributed by atoms with Crippen LogP contribution in [0, 0.1) is 5.92 Å². The maximum Gasteiger partial charge on any atom is 0.225 e. The van der Waals surface area contributed by atoms with Crippen LogP contribution in [0.5, 0.6) is 0 Å². The Morgan fingerprint density at radius 3 is 2.61 bits per heavy atom. The Balaban J connectivity index is 1.54. The molecule has 3 nitrogen and oxygen atoms in total. The molecule has 0 radical (unpaired) electrons. The number of carbonyl (C=O) groups is 1. The molecule has 0 bridgehead atoms. The van der Waals surface area contributed by atoms with Crippen molar-refractivity contribution in [1.29, 1.82) is 0 Å². The van der Waals surface area contributed by atoms with Crippen molar-refractivity contribution in [3.05, 3.63) is 0 Å². The number of nitrogens with zero attached hydrogens (tertiary/aromatic N) is 1. The fourth-order valence-corrected chi connectivity index (χ4v) is 3.15. The van der Waals surface area contributed by atoms with Crippen LogP contribution in [0.25, 0.3) is 0 Å². The molecule has 1 aliphatic carbocycles. The number of rotatable bonds is 7. The summed E-state index contributed by atoms with van der Waals surface area (Å²) in [6.45, 7) is 5.28. The smallest absolute Gasteiger partial charge is 0.225 e. The van der Waals surface area contributed by atoms with E-state index < -0.39 is 0 Å². The van der Waals surface area contributed by atoms with Crippen LogP contribution in [-0.2, 0) is 4.79 Å². The van der Waals surface area contributed by atoms with E-state index in [0.29, 0.717) is 17.9 Å². The highest BCUT2D eigenvalue weighted by molar-refractivity contribution is 7.99. The van der Waals surface area contributed by atoms with Gasteiger partial charge in [0.15, 0.2) is 0 Å². The zero-order chi connectivity index (χ0) is 12.8. The molecule has 1 saturated heterocycles. The number of nitrogens with one attached hydrogen (secondary N) is 1. The summed E-state index contributed by atoms with van der Waals surface area (Å²) >= 11 is 2.02. The molecule has 0 aromatic rings. The van der Waals surface area contributed by atoms with Crippen LogP contribution < -0.4 is 5.32 Å². The van der Waals surface area contributed by atoms with E-state index in [9.17, 15) is 4.79 Å². The van der Waals surface area contributed by atoms with Gasteiger partial charge in [-0.25, -0.2) is 0 Å². The molecular formula is C14H26N2OS. The lowest BCUT2D eigenvalue weighted by Gasteiger charge is -2.32. The minimum atomic E-state index is 0.389. The Morgan fingerprint density at radius 2 is 2.00 bits per heavy atom. The van der Waals surface area contributed by atoms with Gasteiger partial charge in [0.25, 0.3) is 0 Å². The molecule has 104 valence electrons. The normalized spacial score (nSPS) is 21.3. The minimum absolute atomic E-state index is 0.389. The molecule has 2 rings (SSSR count). The van der Waals surface area contributed by atoms with Crippen LogP contribution in [0.1, 0.15) is 39.0 Å². The lowest BCUT2D eigenvalue weighted by Crippen LogP contribution is -2.45. The van der Waals surface area contributed by atoms with Crippen molar-refractivity contribution in [1.82, 2.24) is 10.2 Å². The maximum absolute atomic E-state index is 11.9. The van der Waals surface area contributed by atoms with E-state index >= 15 is 0 Å². The highest BCUT2D eigenvalue weighted by Gasteiger charge is 2.34. The lowest BCUT2D eigenvalue weighted by atomic mass is 10.0. The predicted molar refractivity (Wildman–Crippen MR) is 77.9 cm³/mol. The third kappa shape index (κ3) is 4.47. The van der Waals surface area contributed by atoms with Crippen molar-refractivity contribution in [3.63, 3.8) is 0 Å². The molecule has 1 saturated carbocycles. The van der Waals surface area contributed by atoms with Gasteiger partial charge in [0.05, 0.1) is 0 Å². The van der Waals surface area contributed by atoms with Crippen molar-refractivity contribution in [2.24, 2.45) is 5.92 Å². The monoisotopic (exact) mass is 270 g/mol. The molecule has 0 aromatic heterocycles. The van der Waals surface area contributed by atoms with E-state index in [1.807, 2.05) is 11.8 Å². The third-order valence-electron chi connectivity index (χ3n) is 3.84. The second-order valence-corrected chi connectivity index (χ2v) is 6.77. The molecule has 2 aliphatic rings. The van der Waals surface area contributed by atoms with E-state index in [1.165, 1.54) is 17.9 Å². The van der Waals surface area contributed by atoms with Gasteiger partial charge in [-0.2, -0.15) is 11.8 Å². The van der Waals surface area contributed by atoms with Gasteiger partial charge in [0, 0.05) is 25.0 Å². The number of piperidine rings is 1. The Hall–Kier alpha value is -0.220. The standard InChI is InChI=1S/C14H26N2OS/c1-2-18-11-3-8-15-13-6-9-16(10-7-13)14(17)12-4-5-12/h12-13,15H,2-11H2,1H3. The van der Waals surface area contributed by atoms with Crippen LogP contribution in [0.2, 0.25) is 0 Å². The third-order valence-corrected chi connectivity index (χ3v) is 4.82. The SMILES string of the molecule is CCSCCCNC1CCN(C(=O)C2CC2)CC1. The van der Waals surface area contributed by atoms with Gasteiger partial charge < -0.3 is 10.2 Å². The van der Waals surface area contributed by atoms with Gasteiger partial charge in [0.1, 0.15) is 0 Å². The molecule has 1 N–H and O–H groups in total. The first-order chi connectivity index (χ1) is 8.81. The number of amides is 1. The first-order valence-corrected chi connectivity index (χ1v) is 8.56. The average molecular weight is 270 g/mol. The van der Waals surface area contributed by atoms with Crippen LogP contribution >= 0.6 is 11.8 Å². The van der Waals surface area contributed by atoms with Crippen molar-refractivity contribution in [2.75, 3.05) is 31.1 Å². The van der Waals surface area contributed by atoms with Gasteiger partial charge in [0.2, 0.25) is 5.91 Å². The molecule has 18 heavy (non-hydrogen) atoms. The Bertz CT molecular complexity index is 261. The average Bonchev–Trinajstić information content (AvgIpc) is 3.23.